The zero-order valence-corrected chi connectivity index (χ0v) is 15.3. The van der Waals surface area contributed by atoms with Crippen molar-refractivity contribution in [3.05, 3.63) is 38.9 Å². The molecule has 1 unspecified atom stereocenters. The van der Waals surface area contributed by atoms with Gasteiger partial charge in [-0.3, -0.25) is 9.69 Å². The van der Waals surface area contributed by atoms with Gasteiger partial charge in [-0.05, 0) is 51.1 Å². The zero-order valence-electron chi connectivity index (χ0n) is 13.7. The lowest BCUT2D eigenvalue weighted by molar-refractivity contribution is -0.117. The maximum atomic E-state index is 12.5. The van der Waals surface area contributed by atoms with Crippen LogP contribution >= 0.6 is 22.7 Å². The van der Waals surface area contributed by atoms with Gasteiger partial charge in [-0.2, -0.15) is 0 Å². The summed E-state index contributed by atoms with van der Waals surface area (Å²) in [5.74, 6) is 0.306. The van der Waals surface area contributed by atoms with E-state index in [1.807, 2.05) is 16.2 Å². The minimum atomic E-state index is 0.168. The summed E-state index contributed by atoms with van der Waals surface area (Å²) in [4.78, 5) is 21.2. The van der Waals surface area contributed by atoms with Gasteiger partial charge in [0.25, 0.3) is 0 Å². The summed E-state index contributed by atoms with van der Waals surface area (Å²) in [6, 6.07) is 8.65. The van der Waals surface area contributed by atoms with Crippen molar-refractivity contribution in [1.82, 2.24) is 4.90 Å². The van der Waals surface area contributed by atoms with Gasteiger partial charge in [0, 0.05) is 46.1 Å². The number of carbonyl (C=O) groups excluding carboxylic acids is 1. The third kappa shape index (κ3) is 2.97. The van der Waals surface area contributed by atoms with E-state index in [-0.39, 0.29) is 5.41 Å². The second-order valence-corrected chi connectivity index (χ2v) is 9.65. The fraction of sp³-hybridized carbons (Fsp3) is 0.500. The molecule has 23 heavy (non-hydrogen) atoms. The fourth-order valence-corrected chi connectivity index (χ4v) is 5.70. The number of thiophene rings is 2. The highest BCUT2D eigenvalue weighted by Crippen LogP contribution is 2.43. The predicted molar refractivity (Wildman–Crippen MR) is 97.4 cm³/mol. The molecule has 1 spiro atoms. The predicted octanol–water partition coefficient (Wildman–Crippen LogP) is 4.06. The molecule has 0 radical (unpaired) electrons. The number of carbonyl (C=O) groups is 1. The molecule has 4 rings (SSSR count). The Labute approximate surface area is 145 Å². The van der Waals surface area contributed by atoms with Gasteiger partial charge in [-0.1, -0.05) is 0 Å². The largest absolute Gasteiger partial charge is 0.303 e. The molecule has 4 heterocycles. The molecule has 2 saturated heterocycles. The van der Waals surface area contributed by atoms with Crippen LogP contribution in [0.5, 0.6) is 0 Å². The summed E-state index contributed by atoms with van der Waals surface area (Å²) in [5.41, 5.74) is 0.168. The van der Waals surface area contributed by atoms with E-state index in [1.54, 1.807) is 11.3 Å². The van der Waals surface area contributed by atoms with Gasteiger partial charge in [-0.25, -0.2) is 0 Å². The monoisotopic (exact) mass is 346 g/mol. The van der Waals surface area contributed by atoms with Crippen molar-refractivity contribution in [2.75, 3.05) is 24.5 Å². The SMILES string of the molecule is Cc1ccc(CN2CCC3(CC(=O)N(c4ccc(C)s4)C3)C2)s1. The van der Waals surface area contributed by atoms with E-state index >= 15 is 0 Å². The molecule has 2 aromatic rings. The zero-order chi connectivity index (χ0) is 16.0. The summed E-state index contributed by atoms with van der Waals surface area (Å²) in [5, 5.41) is 1.12. The standard InChI is InChI=1S/C18H22N2OS2/c1-13-3-5-15(22-13)10-19-8-7-18(11-19)9-16(21)20(12-18)17-6-4-14(2)23-17/h3-6H,7-12H2,1-2H3. The second kappa shape index (κ2) is 5.72. The summed E-state index contributed by atoms with van der Waals surface area (Å²) < 4.78 is 0. The molecular formula is C18H22N2OS2. The summed E-state index contributed by atoms with van der Waals surface area (Å²) in [6.45, 7) is 8.36. The maximum absolute atomic E-state index is 12.5. The number of likely N-dealkylation sites (tertiary alicyclic amines) is 1. The van der Waals surface area contributed by atoms with Crippen LogP contribution in [0.4, 0.5) is 5.00 Å². The first-order valence-corrected chi connectivity index (χ1v) is 9.81. The van der Waals surface area contributed by atoms with Gasteiger partial charge < -0.3 is 4.90 Å². The van der Waals surface area contributed by atoms with E-state index in [2.05, 4.69) is 43.0 Å². The molecule has 0 bridgehead atoms. The molecule has 1 atom stereocenters. The molecule has 122 valence electrons. The van der Waals surface area contributed by atoms with Crippen LogP contribution in [-0.2, 0) is 11.3 Å². The van der Waals surface area contributed by atoms with Gasteiger partial charge >= 0.3 is 0 Å². The number of hydrogen-bond donors (Lipinski definition) is 0. The Hall–Kier alpha value is -1.17. The van der Waals surface area contributed by atoms with Crippen LogP contribution in [0.25, 0.3) is 0 Å². The van der Waals surface area contributed by atoms with Gasteiger partial charge in [0.2, 0.25) is 5.91 Å². The minimum Gasteiger partial charge on any atom is -0.303 e. The van der Waals surface area contributed by atoms with Crippen LogP contribution in [0.1, 0.15) is 27.5 Å². The number of aryl methyl sites for hydroxylation is 2. The average Bonchev–Trinajstić information content (AvgIpc) is 3.23. The lowest BCUT2D eigenvalue weighted by Crippen LogP contribution is -2.30. The first kappa shape index (κ1) is 15.4. The van der Waals surface area contributed by atoms with E-state index in [0.29, 0.717) is 12.3 Å². The highest BCUT2D eigenvalue weighted by atomic mass is 32.1. The van der Waals surface area contributed by atoms with Gasteiger partial charge in [0.05, 0.1) is 5.00 Å². The number of rotatable bonds is 3. The molecular weight excluding hydrogens is 324 g/mol. The molecule has 0 aliphatic carbocycles. The lowest BCUT2D eigenvalue weighted by atomic mass is 9.86. The van der Waals surface area contributed by atoms with Crippen molar-refractivity contribution in [3.8, 4) is 0 Å². The highest BCUT2D eigenvalue weighted by Gasteiger charge is 2.47. The molecule has 2 aliphatic heterocycles. The summed E-state index contributed by atoms with van der Waals surface area (Å²) in [6.07, 6.45) is 1.86. The molecule has 2 aromatic heterocycles. The second-order valence-electron chi connectivity index (χ2n) is 7.01. The lowest BCUT2D eigenvalue weighted by Gasteiger charge is -2.23. The molecule has 2 aliphatic rings. The van der Waals surface area contributed by atoms with Crippen LogP contribution in [0, 0.1) is 19.3 Å². The van der Waals surface area contributed by atoms with Crippen LogP contribution in [0.15, 0.2) is 24.3 Å². The first-order valence-electron chi connectivity index (χ1n) is 8.18. The first-order chi connectivity index (χ1) is 11.0. The number of nitrogens with zero attached hydrogens (tertiary/aromatic N) is 2. The Morgan fingerprint density at radius 2 is 1.87 bits per heavy atom. The third-order valence-electron chi connectivity index (χ3n) is 5.01. The quantitative estimate of drug-likeness (QED) is 0.837. The van der Waals surface area contributed by atoms with Gasteiger partial charge in [0.15, 0.2) is 0 Å². The van der Waals surface area contributed by atoms with Crippen molar-refractivity contribution in [2.24, 2.45) is 5.41 Å². The molecule has 0 saturated carbocycles. The van der Waals surface area contributed by atoms with E-state index in [4.69, 9.17) is 0 Å². The fourth-order valence-electron chi connectivity index (χ4n) is 3.89. The minimum absolute atomic E-state index is 0.168. The Balaban J connectivity index is 1.45. The molecule has 5 heteroatoms. The van der Waals surface area contributed by atoms with E-state index in [1.165, 1.54) is 14.6 Å². The molecule has 0 aromatic carbocycles. The van der Waals surface area contributed by atoms with Gasteiger partial charge in [-0.15, -0.1) is 22.7 Å². The van der Waals surface area contributed by atoms with Crippen molar-refractivity contribution in [2.45, 2.75) is 33.2 Å². The molecule has 0 N–H and O–H groups in total. The number of amides is 1. The Morgan fingerprint density at radius 3 is 2.57 bits per heavy atom. The topological polar surface area (TPSA) is 23.6 Å². The third-order valence-corrected chi connectivity index (χ3v) is 7.01. The van der Waals surface area contributed by atoms with E-state index in [0.717, 1.165) is 37.6 Å². The highest BCUT2D eigenvalue weighted by molar-refractivity contribution is 7.16. The van der Waals surface area contributed by atoms with Crippen LogP contribution in [0.3, 0.4) is 0 Å². The van der Waals surface area contributed by atoms with E-state index in [9.17, 15) is 4.79 Å². The summed E-state index contributed by atoms with van der Waals surface area (Å²) in [7, 11) is 0. The maximum Gasteiger partial charge on any atom is 0.228 e. The summed E-state index contributed by atoms with van der Waals surface area (Å²) >= 11 is 3.62. The van der Waals surface area contributed by atoms with Crippen molar-refractivity contribution >= 4 is 33.6 Å². The Morgan fingerprint density at radius 1 is 1.09 bits per heavy atom. The molecule has 2 fully saturated rings. The van der Waals surface area contributed by atoms with Crippen LogP contribution in [0.2, 0.25) is 0 Å². The molecule has 3 nitrogen and oxygen atoms in total. The Bertz CT molecular complexity index is 735. The van der Waals surface area contributed by atoms with Crippen molar-refractivity contribution < 1.29 is 4.79 Å². The smallest absolute Gasteiger partial charge is 0.228 e. The normalized spacial score (nSPS) is 25.1. The van der Waals surface area contributed by atoms with Crippen LogP contribution in [-0.4, -0.2) is 30.4 Å². The average molecular weight is 347 g/mol. The van der Waals surface area contributed by atoms with E-state index < -0.39 is 0 Å². The van der Waals surface area contributed by atoms with Gasteiger partial charge in [0.1, 0.15) is 0 Å². The van der Waals surface area contributed by atoms with Crippen molar-refractivity contribution in [1.29, 1.82) is 0 Å². The van der Waals surface area contributed by atoms with Crippen molar-refractivity contribution in [3.63, 3.8) is 0 Å². The number of hydrogen-bond acceptors (Lipinski definition) is 4. The Kier molecular flexibility index (Phi) is 3.82. The number of anilines is 1. The molecule has 1 amide bonds. The van der Waals surface area contributed by atoms with Crippen LogP contribution < -0.4 is 4.90 Å².